The topological polar surface area (TPSA) is 95.0 Å². The number of nitriles is 1. The minimum atomic E-state index is -0.435. The summed E-state index contributed by atoms with van der Waals surface area (Å²) in [5, 5.41) is 21.5. The normalized spacial score (nSPS) is 10.9. The van der Waals surface area contributed by atoms with Gasteiger partial charge in [-0.05, 0) is 18.9 Å². The zero-order valence-corrected chi connectivity index (χ0v) is 10.2. The molecule has 1 rings (SSSR count). The summed E-state index contributed by atoms with van der Waals surface area (Å²) < 4.78 is 0. The van der Waals surface area contributed by atoms with Crippen LogP contribution < -0.4 is 11.1 Å². The van der Waals surface area contributed by atoms with E-state index in [0.717, 1.165) is 12.8 Å². The van der Waals surface area contributed by atoms with Crippen molar-refractivity contribution in [2.24, 2.45) is 0 Å². The number of nitrogens with zero attached hydrogens (tertiary/aromatic N) is 2. The molecule has 5 nitrogen and oxygen atoms in total. The first kappa shape index (κ1) is 13.3. The van der Waals surface area contributed by atoms with Crippen molar-refractivity contribution in [2.75, 3.05) is 17.7 Å². The van der Waals surface area contributed by atoms with Gasteiger partial charge in [-0.15, -0.1) is 0 Å². The fourth-order valence-corrected chi connectivity index (χ4v) is 1.61. The third-order valence-corrected chi connectivity index (χ3v) is 3.15. The van der Waals surface area contributed by atoms with Gasteiger partial charge in [0.1, 0.15) is 6.07 Å². The number of hydrogen-bond acceptors (Lipinski definition) is 5. The smallest absolute Gasteiger partial charge is 0.151 e. The molecule has 0 aromatic carbocycles. The Hall–Kier alpha value is -1.80. The van der Waals surface area contributed by atoms with Crippen LogP contribution in [-0.4, -0.2) is 22.2 Å². The first-order chi connectivity index (χ1) is 8.12. The minimum absolute atomic E-state index is 0.00208. The molecule has 4 N–H and O–H groups in total. The average Bonchev–Trinajstić information content (AvgIpc) is 2.38. The van der Waals surface area contributed by atoms with Gasteiger partial charge in [0.15, 0.2) is 5.82 Å². The summed E-state index contributed by atoms with van der Waals surface area (Å²) in [7, 11) is 0. The molecule has 0 fully saturated rings. The first-order valence-corrected chi connectivity index (χ1v) is 5.66. The van der Waals surface area contributed by atoms with Gasteiger partial charge in [-0.3, -0.25) is 0 Å². The summed E-state index contributed by atoms with van der Waals surface area (Å²) in [6.07, 6.45) is 3.03. The van der Waals surface area contributed by atoms with Crippen molar-refractivity contribution in [1.29, 1.82) is 5.26 Å². The molecule has 0 saturated heterocycles. The lowest BCUT2D eigenvalue weighted by Gasteiger charge is -2.31. The predicted octanol–water partition coefficient (Wildman–Crippen LogP) is 1.50. The van der Waals surface area contributed by atoms with Crippen molar-refractivity contribution < 1.29 is 5.11 Å². The molecular formula is C12H18N4O. The molecule has 92 valence electrons. The maximum atomic E-state index is 9.46. The summed E-state index contributed by atoms with van der Waals surface area (Å²) >= 11 is 0. The molecule has 0 aliphatic rings. The zero-order valence-electron chi connectivity index (χ0n) is 10.2. The molecule has 0 unspecified atom stereocenters. The summed E-state index contributed by atoms with van der Waals surface area (Å²) in [4.78, 5) is 4.12. The van der Waals surface area contributed by atoms with Crippen LogP contribution in [0.1, 0.15) is 32.3 Å². The highest BCUT2D eigenvalue weighted by atomic mass is 16.3. The van der Waals surface area contributed by atoms with Crippen molar-refractivity contribution in [2.45, 2.75) is 32.2 Å². The van der Waals surface area contributed by atoms with Gasteiger partial charge < -0.3 is 16.2 Å². The Morgan fingerprint density at radius 2 is 2.18 bits per heavy atom. The molecule has 0 saturated carbocycles. The van der Waals surface area contributed by atoms with Crippen LogP contribution in [0.4, 0.5) is 11.5 Å². The van der Waals surface area contributed by atoms with E-state index >= 15 is 0 Å². The summed E-state index contributed by atoms with van der Waals surface area (Å²) in [6, 6.07) is 3.58. The van der Waals surface area contributed by atoms with Crippen LogP contribution in [0.2, 0.25) is 0 Å². The van der Waals surface area contributed by atoms with Gasteiger partial charge in [0, 0.05) is 6.20 Å². The van der Waals surface area contributed by atoms with E-state index < -0.39 is 5.54 Å². The highest BCUT2D eigenvalue weighted by molar-refractivity contribution is 5.69. The van der Waals surface area contributed by atoms with Crippen molar-refractivity contribution in [3.8, 4) is 6.07 Å². The molecule has 0 aliphatic heterocycles. The molecule has 0 radical (unpaired) electrons. The Morgan fingerprint density at radius 3 is 2.65 bits per heavy atom. The Kier molecular flexibility index (Phi) is 4.30. The van der Waals surface area contributed by atoms with Crippen molar-refractivity contribution in [1.82, 2.24) is 4.98 Å². The lowest BCUT2D eigenvalue weighted by atomic mass is 9.94. The van der Waals surface area contributed by atoms with Gasteiger partial charge in [-0.25, -0.2) is 4.98 Å². The fourth-order valence-electron chi connectivity index (χ4n) is 1.61. The van der Waals surface area contributed by atoms with E-state index in [2.05, 4.69) is 10.3 Å². The molecule has 17 heavy (non-hydrogen) atoms. The number of nitrogens with one attached hydrogen (secondary N) is 1. The van der Waals surface area contributed by atoms with Gasteiger partial charge >= 0.3 is 0 Å². The number of nitrogens with two attached hydrogens (primary N) is 1. The first-order valence-electron chi connectivity index (χ1n) is 5.66. The third kappa shape index (κ3) is 2.66. The lowest BCUT2D eigenvalue weighted by Crippen LogP contribution is -2.41. The van der Waals surface area contributed by atoms with Crippen LogP contribution in [0.25, 0.3) is 0 Å². The van der Waals surface area contributed by atoms with Crippen LogP contribution >= 0.6 is 0 Å². The minimum Gasteiger partial charge on any atom is -0.395 e. The highest BCUT2D eigenvalue weighted by Gasteiger charge is 2.26. The monoisotopic (exact) mass is 234 g/mol. The van der Waals surface area contributed by atoms with E-state index in [1.807, 2.05) is 19.9 Å². The second-order valence-corrected chi connectivity index (χ2v) is 4.00. The van der Waals surface area contributed by atoms with E-state index in [4.69, 9.17) is 11.0 Å². The van der Waals surface area contributed by atoms with Crippen molar-refractivity contribution in [3.63, 3.8) is 0 Å². The zero-order chi connectivity index (χ0) is 12.9. The largest absolute Gasteiger partial charge is 0.395 e. The summed E-state index contributed by atoms with van der Waals surface area (Å²) in [5.74, 6) is 0.460. The molecule has 1 aromatic rings. The number of nitrogen functional groups attached to an aromatic ring is 1. The van der Waals surface area contributed by atoms with E-state index in [9.17, 15) is 5.11 Å². The molecule has 0 aliphatic carbocycles. The molecule has 0 atom stereocenters. The van der Waals surface area contributed by atoms with Crippen LogP contribution in [0.3, 0.4) is 0 Å². The number of rotatable bonds is 5. The number of aliphatic hydroxyl groups is 1. The van der Waals surface area contributed by atoms with Crippen LogP contribution in [0.15, 0.2) is 12.3 Å². The maximum absolute atomic E-state index is 9.46. The second kappa shape index (κ2) is 5.51. The van der Waals surface area contributed by atoms with E-state index in [1.165, 1.54) is 6.20 Å². The average molecular weight is 234 g/mol. The standard InChI is InChI=1S/C12H18N4O/c1-3-12(4-2,8-17)16-11-10(14)9(7-13)5-6-15-11/h5-6,17H,3-4,8,14H2,1-2H3,(H,15,16). The SMILES string of the molecule is CCC(CC)(CO)Nc1nccc(C#N)c1N. The molecule has 0 amide bonds. The molecular weight excluding hydrogens is 216 g/mol. The quantitative estimate of drug-likeness (QED) is 0.717. The van der Waals surface area contributed by atoms with Gasteiger partial charge in [0.25, 0.3) is 0 Å². The molecule has 1 heterocycles. The summed E-state index contributed by atoms with van der Waals surface area (Å²) in [5.41, 5.74) is 6.12. The van der Waals surface area contributed by atoms with Gasteiger partial charge in [-0.2, -0.15) is 5.26 Å². The second-order valence-electron chi connectivity index (χ2n) is 4.00. The maximum Gasteiger partial charge on any atom is 0.151 e. The van der Waals surface area contributed by atoms with E-state index in [0.29, 0.717) is 17.1 Å². The number of aromatic nitrogens is 1. The third-order valence-electron chi connectivity index (χ3n) is 3.15. The van der Waals surface area contributed by atoms with Gasteiger partial charge in [0.05, 0.1) is 23.4 Å². The Bertz CT molecular complexity index is 413. The van der Waals surface area contributed by atoms with E-state index in [-0.39, 0.29) is 6.61 Å². The van der Waals surface area contributed by atoms with Crippen LogP contribution in [-0.2, 0) is 0 Å². The number of pyridine rings is 1. The summed E-state index contributed by atoms with van der Waals surface area (Å²) in [6.45, 7) is 3.96. The molecule has 0 bridgehead atoms. The number of hydrogen-bond donors (Lipinski definition) is 3. The van der Waals surface area contributed by atoms with Crippen molar-refractivity contribution in [3.05, 3.63) is 17.8 Å². The van der Waals surface area contributed by atoms with Crippen molar-refractivity contribution >= 4 is 11.5 Å². The number of anilines is 2. The molecule has 5 heteroatoms. The lowest BCUT2D eigenvalue weighted by molar-refractivity contribution is 0.202. The molecule has 0 spiro atoms. The van der Waals surface area contributed by atoms with E-state index in [1.54, 1.807) is 6.07 Å². The predicted molar refractivity (Wildman–Crippen MR) is 67.4 cm³/mol. The van der Waals surface area contributed by atoms with Gasteiger partial charge in [-0.1, -0.05) is 13.8 Å². The Labute approximate surface area is 101 Å². The molecule has 1 aromatic heterocycles. The van der Waals surface area contributed by atoms with Gasteiger partial charge in [0.2, 0.25) is 0 Å². The fraction of sp³-hybridized carbons (Fsp3) is 0.500. The van der Waals surface area contributed by atoms with Crippen LogP contribution in [0.5, 0.6) is 0 Å². The number of aliphatic hydroxyl groups excluding tert-OH is 1. The van der Waals surface area contributed by atoms with Crippen LogP contribution in [0, 0.1) is 11.3 Å². The Morgan fingerprint density at radius 1 is 1.53 bits per heavy atom. The Balaban J connectivity index is 3.07. The highest BCUT2D eigenvalue weighted by Crippen LogP contribution is 2.26.